The van der Waals surface area contributed by atoms with Crippen molar-refractivity contribution in [1.29, 1.82) is 0 Å². The monoisotopic (exact) mass is 278 g/mol. The molecule has 0 aromatic carbocycles. The minimum Gasteiger partial charge on any atom is -0.128 e. The zero-order chi connectivity index (χ0) is 9.42. The van der Waals surface area contributed by atoms with Crippen LogP contribution in [0.3, 0.4) is 0 Å². The number of halogens is 2. The van der Waals surface area contributed by atoms with Gasteiger partial charge in [-0.3, -0.25) is 0 Å². The summed E-state index contributed by atoms with van der Waals surface area (Å²) in [6.07, 6.45) is 2.59. The van der Waals surface area contributed by atoms with E-state index in [1.54, 1.807) is 11.3 Å². The molecule has 1 aromatic rings. The van der Waals surface area contributed by atoms with Gasteiger partial charge in [-0.15, -0.1) is 11.3 Å². The Labute approximate surface area is 96.4 Å². The Morgan fingerprint density at radius 3 is 2.69 bits per heavy atom. The van der Waals surface area contributed by atoms with E-state index in [1.165, 1.54) is 17.7 Å². The lowest BCUT2D eigenvalue weighted by Crippen LogP contribution is -2.07. The van der Waals surface area contributed by atoms with Crippen molar-refractivity contribution in [3.63, 3.8) is 0 Å². The van der Waals surface area contributed by atoms with Crippen molar-refractivity contribution in [2.75, 3.05) is 0 Å². The zero-order valence-electron chi connectivity index (χ0n) is 7.47. The van der Waals surface area contributed by atoms with Crippen molar-refractivity contribution in [2.45, 2.75) is 30.5 Å². The second kappa shape index (κ2) is 3.92. The summed E-state index contributed by atoms with van der Waals surface area (Å²) in [5.74, 6) is 1.47. The van der Waals surface area contributed by atoms with Gasteiger partial charge < -0.3 is 0 Å². The maximum Gasteiger partial charge on any atom is 0.0931 e. The Bertz CT molecular complexity index is 297. The molecule has 1 saturated carbocycles. The lowest BCUT2D eigenvalue weighted by molar-refractivity contribution is 0.552. The van der Waals surface area contributed by atoms with Crippen molar-refractivity contribution in [3.8, 4) is 0 Å². The van der Waals surface area contributed by atoms with E-state index in [9.17, 15) is 0 Å². The Hall–Kier alpha value is 0.470. The standard InChI is InChI=1S/C10H12BrClS/c1-6-7(2-3-8(6)11)9-4-5-10(12)13-9/h4-8H,2-3H2,1H3. The lowest BCUT2D eigenvalue weighted by Gasteiger charge is -2.15. The van der Waals surface area contributed by atoms with Crippen molar-refractivity contribution in [1.82, 2.24) is 0 Å². The molecule has 1 aliphatic rings. The fraction of sp³-hybridized carbons (Fsp3) is 0.600. The van der Waals surface area contributed by atoms with Crippen LogP contribution in [-0.4, -0.2) is 4.83 Å². The molecule has 1 heterocycles. The molecule has 3 heteroatoms. The molecule has 0 radical (unpaired) electrons. The number of alkyl halides is 1. The smallest absolute Gasteiger partial charge is 0.0931 e. The summed E-state index contributed by atoms with van der Waals surface area (Å²) in [4.78, 5) is 2.15. The Kier molecular flexibility index (Phi) is 3.01. The first-order valence-corrected chi connectivity index (χ1v) is 6.69. The molecule has 1 fully saturated rings. The van der Waals surface area contributed by atoms with E-state index in [4.69, 9.17) is 11.6 Å². The van der Waals surface area contributed by atoms with E-state index in [0.717, 1.165) is 16.2 Å². The van der Waals surface area contributed by atoms with Crippen LogP contribution in [0.2, 0.25) is 4.34 Å². The average molecular weight is 280 g/mol. The highest BCUT2D eigenvalue weighted by molar-refractivity contribution is 9.09. The molecule has 2 rings (SSSR count). The lowest BCUT2D eigenvalue weighted by atomic mass is 9.97. The van der Waals surface area contributed by atoms with Gasteiger partial charge in [0.05, 0.1) is 4.34 Å². The molecular weight excluding hydrogens is 268 g/mol. The summed E-state index contributed by atoms with van der Waals surface area (Å²) in [7, 11) is 0. The molecule has 3 unspecified atom stereocenters. The first kappa shape index (κ1) is 10.0. The number of hydrogen-bond donors (Lipinski definition) is 0. The van der Waals surface area contributed by atoms with E-state index in [0.29, 0.717) is 4.83 Å². The van der Waals surface area contributed by atoms with Crippen LogP contribution >= 0.6 is 38.9 Å². The molecule has 0 saturated heterocycles. The molecule has 1 aromatic heterocycles. The van der Waals surface area contributed by atoms with Gasteiger partial charge in [0.1, 0.15) is 0 Å². The average Bonchev–Trinajstić information content (AvgIpc) is 2.62. The number of hydrogen-bond acceptors (Lipinski definition) is 1. The molecule has 0 bridgehead atoms. The normalized spacial score (nSPS) is 33.9. The molecule has 3 atom stereocenters. The minimum absolute atomic E-state index is 0.693. The third-order valence-electron chi connectivity index (χ3n) is 2.92. The molecule has 1 aliphatic carbocycles. The second-order valence-electron chi connectivity index (χ2n) is 3.70. The van der Waals surface area contributed by atoms with E-state index in [2.05, 4.69) is 28.9 Å². The van der Waals surface area contributed by atoms with Crippen molar-refractivity contribution in [3.05, 3.63) is 21.3 Å². The van der Waals surface area contributed by atoms with Crippen LogP contribution < -0.4 is 0 Å². The third kappa shape index (κ3) is 1.95. The first-order valence-electron chi connectivity index (χ1n) is 4.58. The van der Waals surface area contributed by atoms with E-state index >= 15 is 0 Å². The first-order chi connectivity index (χ1) is 6.18. The summed E-state index contributed by atoms with van der Waals surface area (Å²) >= 11 is 11.4. The molecule has 0 amide bonds. The maximum absolute atomic E-state index is 5.93. The third-order valence-corrected chi connectivity index (χ3v) is 5.57. The van der Waals surface area contributed by atoms with Gasteiger partial charge in [-0.1, -0.05) is 34.5 Å². The summed E-state index contributed by atoms with van der Waals surface area (Å²) in [6.45, 7) is 2.32. The largest absolute Gasteiger partial charge is 0.128 e. The van der Waals surface area contributed by atoms with Crippen LogP contribution in [0.4, 0.5) is 0 Å². The van der Waals surface area contributed by atoms with Gasteiger partial charge in [0, 0.05) is 9.70 Å². The van der Waals surface area contributed by atoms with E-state index in [-0.39, 0.29) is 0 Å². The molecule has 72 valence electrons. The highest BCUT2D eigenvalue weighted by atomic mass is 79.9. The van der Waals surface area contributed by atoms with Gasteiger partial charge in [-0.05, 0) is 36.8 Å². The summed E-state index contributed by atoms with van der Waals surface area (Å²) in [5, 5.41) is 0. The van der Waals surface area contributed by atoms with Crippen molar-refractivity contribution in [2.24, 2.45) is 5.92 Å². The van der Waals surface area contributed by atoms with Gasteiger partial charge in [0.2, 0.25) is 0 Å². The summed E-state index contributed by atoms with van der Waals surface area (Å²) in [5.41, 5.74) is 0. The van der Waals surface area contributed by atoms with Gasteiger partial charge in [-0.2, -0.15) is 0 Å². The molecular formula is C10H12BrClS. The second-order valence-corrected chi connectivity index (χ2v) is 6.62. The number of rotatable bonds is 1. The Morgan fingerprint density at radius 1 is 1.46 bits per heavy atom. The van der Waals surface area contributed by atoms with E-state index in [1.807, 2.05) is 6.07 Å². The zero-order valence-corrected chi connectivity index (χ0v) is 10.6. The van der Waals surface area contributed by atoms with Crippen molar-refractivity contribution < 1.29 is 0 Å². The topological polar surface area (TPSA) is 0 Å². The minimum atomic E-state index is 0.693. The SMILES string of the molecule is CC1C(Br)CCC1c1ccc(Cl)s1. The molecule has 0 nitrogen and oxygen atoms in total. The predicted molar refractivity (Wildman–Crippen MR) is 63.2 cm³/mol. The van der Waals surface area contributed by atoms with Crippen LogP contribution in [0.25, 0.3) is 0 Å². The summed E-state index contributed by atoms with van der Waals surface area (Å²) in [6, 6.07) is 4.19. The predicted octanol–water partition coefficient (Wildman–Crippen LogP) is 4.68. The van der Waals surface area contributed by atoms with Gasteiger partial charge in [0.15, 0.2) is 0 Å². The maximum atomic E-state index is 5.93. The highest BCUT2D eigenvalue weighted by Gasteiger charge is 2.32. The van der Waals surface area contributed by atoms with Gasteiger partial charge >= 0.3 is 0 Å². The fourth-order valence-corrected chi connectivity index (χ4v) is 3.99. The Morgan fingerprint density at radius 2 is 2.23 bits per heavy atom. The summed E-state index contributed by atoms with van der Waals surface area (Å²) < 4.78 is 0.917. The van der Waals surface area contributed by atoms with Crippen molar-refractivity contribution >= 4 is 38.9 Å². The van der Waals surface area contributed by atoms with E-state index < -0.39 is 0 Å². The van der Waals surface area contributed by atoms with Gasteiger partial charge in [-0.25, -0.2) is 0 Å². The molecule has 13 heavy (non-hydrogen) atoms. The Balaban J connectivity index is 2.18. The molecule has 0 N–H and O–H groups in total. The van der Waals surface area contributed by atoms with Crippen LogP contribution in [0.15, 0.2) is 12.1 Å². The van der Waals surface area contributed by atoms with Crippen LogP contribution in [0.5, 0.6) is 0 Å². The van der Waals surface area contributed by atoms with Gasteiger partial charge in [0.25, 0.3) is 0 Å². The highest BCUT2D eigenvalue weighted by Crippen LogP contribution is 2.45. The van der Waals surface area contributed by atoms with Crippen LogP contribution in [0, 0.1) is 5.92 Å². The molecule has 0 aliphatic heterocycles. The van der Waals surface area contributed by atoms with Crippen LogP contribution in [-0.2, 0) is 0 Å². The van der Waals surface area contributed by atoms with Crippen LogP contribution in [0.1, 0.15) is 30.6 Å². The number of thiophene rings is 1. The fourth-order valence-electron chi connectivity index (χ4n) is 2.05. The molecule has 0 spiro atoms. The quantitative estimate of drug-likeness (QED) is 0.655.